The summed E-state index contributed by atoms with van der Waals surface area (Å²) in [7, 11) is 0. The van der Waals surface area contributed by atoms with Gasteiger partial charge < -0.3 is 25.3 Å². The third-order valence-electron chi connectivity index (χ3n) is 4.24. The molecule has 7 heteroatoms. The molecular weight excluding hydrogens is 312 g/mol. The minimum Gasteiger partial charge on any atom is -0.485 e. The molecule has 0 spiro atoms. The van der Waals surface area contributed by atoms with Gasteiger partial charge in [0, 0.05) is 28.7 Å². The van der Waals surface area contributed by atoms with Gasteiger partial charge in [-0.1, -0.05) is 0 Å². The lowest BCUT2D eigenvalue weighted by Crippen LogP contribution is -2.38. The lowest BCUT2D eigenvalue weighted by Gasteiger charge is -2.25. The summed E-state index contributed by atoms with van der Waals surface area (Å²) >= 11 is 0. The molecule has 122 valence electrons. The molecule has 4 rings (SSSR count). The number of aliphatic hydroxyl groups excluding tert-OH is 1. The number of carbonyl (C=O) groups excluding carboxylic acids is 1. The van der Waals surface area contributed by atoms with Gasteiger partial charge in [0.15, 0.2) is 6.61 Å². The van der Waals surface area contributed by atoms with Gasteiger partial charge in [0.25, 0.3) is 0 Å². The van der Waals surface area contributed by atoms with Crippen LogP contribution in [0.3, 0.4) is 0 Å². The fourth-order valence-corrected chi connectivity index (χ4v) is 3.12. The van der Waals surface area contributed by atoms with Crippen LogP contribution in [0.4, 0.5) is 0 Å². The molecule has 0 amide bonds. The van der Waals surface area contributed by atoms with Crippen molar-refractivity contribution in [3.8, 4) is 5.75 Å². The van der Waals surface area contributed by atoms with Crippen molar-refractivity contribution in [1.29, 1.82) is 0 Å². The summed E-state index contributed by atoms with van der Waals surface area (Å²) in [5.74, 6) is -0.907. The van der Waals surface area contributed by atoms with Crippen LogP contribution < -0.4 is 10.1 Å². The van der Waals surface area contributed by atoms with Gasteiger partial charge in [-0.05, 0) is 23.8 Å². The molecule has 0 saturated heterocycles. The minimum absolute atomic E-state index is 0.172. The van der Waals surface area contributed by atoms with Crippen molar-refractivity contribution in [3.05, 3.63) is 47.2 Å². The zero-order chi connectivity index (χ0) is 16.8. The van der Waals surface area contributed by atoms with E-state index in [9.17, 15) is 19.8 Å². The number of rotatable bonds is 2. The third kappa shape index (κ3) is 2.10. The second-order valence-corrected chi connectivity index (χ2v) is 5.69. The summed E-state index contributed by atoms with van der Waals surface area (Å²) in [6, 6.07) is 4.47. The molecule has 0 fully saturated rings. The lowest BCUT2D eigenvalue weighted by atomic mass is 9.91. The van der Waals surface area contributed by atoms with E-state index in [2.05, 4.69) is 10.3 Å². The first-order valence-electron chi connectivity index (χ1n) is 7.41. The highest BCUT2D eigenvalue weighted by atomic mass is 16.5. The first kappa shape index (κ1) is 14.5. The molecule has 3 heterocycles. The van der Waals surface area contributed by atoms with Crippen LogP contribution in [-0.4, -0.2) is 46.2 Å². The summed E-state index contributed by atoms with van der Waals surface area (Å²) in [4.78, 5) is 26.9. The van der Waals surface area contributed by atoms with Crippen LogP contribution in [0.25, 0.3) is 16.6 Å². The van der Waals surface area contributed by atoms with E-state index >= 15 is 0 Å². The van der Waals surface area contributed by atoms with Crippen LogP contribution >= 0.6 is 0 Å². The third-order valence-corrected chi connectivity index (χ3v) is 4.24. The maximum Gasteiger partial charge on any atom is 0.330 e. The predicted molar refractivity (Wildman–Crippen MR) is 85.4 cm³/mol. The number of Topliss-reactive ketones (excluding diaryl/α,β-unsaturated/α-hetero) is 1. The first-order valence-corrected chi connectivity index (χ1v) is 7.41. The summed E-state index contributed by atoms with van der Waals surface area (Å²) in [6.07, 6.45) is 3.15. The largest absolute Gasteiger partial charge is 0.485 e. The summed E-state index contributed by atoms with van der Waals surface area (Å²) in [5, 5.41) is 22.7. The average molecular weight is 326 g/mol. The Kier molecular flexibility index (Phi) is 3.17. The predicted octanol–water partition coefficient (Wildman–Crippen LogP) is 0.816. The first-order chi connectivity index (χ1) is 11.6. The Hall–Kier alpha value is -3.06. The van der Waals surface area contributed by atoms with Crippen molar-refractivity contribution in [1.82, 2.24) is 10.3 Å². The number of ketones is 1. The maximum absolute atomic E-state index is 12.5. The van der Waals surface area contributed by atoms with Crippen LogP contribution in [-0.2, 0) is 9.59 Å². The highest BCUT2D eigenvalue weighted by Crippen LogP contribution is 2.37. The Morgan fingerprint density at radius 2 is 2.21 bits per heavy atom. The van der Waals surface area contributed by atoms with Crippen LogP contribution in [0, 0.1) is 0 Å². The normalized spacial score (nSPS) is 19.8. The molecule has 2 aromatic rings. The lowest BCUT2D eigenvalue weighted by molar-refractivity contribution is -0.137. The van der Waals surface area contributed by atoms with E-state index in [1.165, 1.54) is 6.08 Å². The second kappa shape index (κ2) is 5.24. The Bertz CT molecular complexity index is 938. The Balaban J connectivity index is 1.98. The molecule has 0 bridgehead atoms. The van der Waals surface area contributed by atoms with Gasteiger partial charge in [0.05, 0.1) is 17.9 Å². The second-order valence-electron chi connectivity index (χ2n) is 5.69. The smallest absolute Gasteiger partial charge is 0.330 e. The zero-order valence-corrected chi connectivity index (χ0v) is 12.5. The summed E-state index contributed by atoms with van der Waals surface area (Å²) in [6.45, 7) is -0.591. The number of carbonyl (C=O) groups is 2. The van der Waals surface area contributed by atoms with Gasteiger partial charge in [-0.15, -0.1) is 0 Å². The number of H-pyrrole nitrogens is 1. The molecular formula is C17H14N2O5. The van der Waals surface area contributed by atoms with E-state index in [0.717, 1.165) is 10.9 Å². The number of aliphatic hydroxyl groups is 1. The number of aliphatic carboxylic acids is 1. The highest BCUT2D eigenvalue weighted by molar-refractivity contribution is 6.10. The number of dihydropyridines is 1. The van der Waals surface area contributed by atoms with Crippen molar-refractivity contribution in [2.75, 3.05) is 13.2 Å². The number of carboxylic acids is 1. The van der Waals surface area contributed by atoms with Gasteiger partial charge in [-0.25, -0.2) is 4.79 Å². The molecule has 4 N–H and O–H groups in total. The minimum atomic E-state index is -1.09. The van der Waals surface area contributed by atoms with Gasteiger partial charge in [0.2, 0.25) is 5.78 Å². The molecule has 2 aliphatic heterocycles. The van der Waals surface area contributed by atoms with Gasteiger partial charge in [-0.3, -0.25) is 4.79 Å². The van der Waals surface area contributed by atoms with E-state index in [1.807, 2.05) is 12.1 Å². The number of fused-ring (bicyclic) bond motifs is 3. The number of aromatic amines is 1. The number of hydrogen-bond acceptors (Lipinski definition) is 5. The van der Waals surface area contributed by atoms with Crippen molar-refractivity contribution in [3.63, 3.8) is 0 Å². The van der Waals surface area contributed by atoms with Crippen LogP contribution in [0.2, 0.25) is 0 Å². The number of aromatic nitrogens is 1. The van der Waals surface area contributed by atoms with Crippen molar-refractivity contribution >= 4 is 28.4 Å². The van der Waals surface area contributed by atoms with Gasteiger partial charge in [0.1, 0.15) is 11.8 Å². The maximum atomic E-state index is 12.5. The molecule has 2 aliphatic rings. The van der Waals surface area contributed by atoms with E-state index in [-0.39, 0.29) is 18.0 Å². The number of benzene rings is 1. The Morgan fingerprint density at radius 3 is 2.96 bits per heavy atom. The van der Waals surface area contributed by atoms with E-state index in [0.29, 0.717) is 22.6 Å². The van der Waals surface area contributed by atoms with Gasteiger partial charge in [-0.2, -0.15) is 0 Å². The summed E-state index contributed by atoms with van der Waals surface area (Å²) < 4.78 is 5.61. The van der Waals surface area contributed by atoms with Crippen LogP contribution in [0.15, 0.2) is 41.6 Å². The van der Waals surface area contributed by atoms with Crippen LogP contribution in [0.1, 0.15) is 5.56 Å². The number of nitrogens with one attached hydrogen (secondary N) is 2. The Labute approximate surface area is 136 Å². The van der Waals surface area contributed by atoms with Crippen molar-refractivity contribution < 1.29 is 24.5 Å². The molecule has 0 aliphatic carbocycles. The Morgan fingerprint density at radius 1 is 1.38 bits per heavy atom. The standard InChI is InChI=1S/C17H14N2O5/c20-6-9-4-12(17(22)23)19-16-10-3-8-1-2-18-11(8)5-14(10)24-7-13(21)15(9)16/h1-5,12,18-20H,6-7H2,(H,22,23). The monoisotopic (exact) mass is 326 g/mol. The quantitative estimate of drug-likeness (QED) is 0.650. The molecule has 24 heavy (non-hydrogen) atoms. The number of ether oxygens (including phenoxy) is 1. The molecule has 1 aromatic heterocycles. The highest BCUT2D eigenvalue weighted by Gasteiger charge is 2.33. The molecule has 7 nitrogen and oxygen atoms in total. The average Bonchev–Trinajstić information content (AvgIpc) is 2.99. The van der Waals surface area contributed by atoms with E-state index in [1.54, 1.807) is 12.3 Å². The fourth-order valence-electron chi connectivity index (χ4n) is 3.12. The molecule has 1 unspecified atom stereocenters. The zero-order valence-electron chi connectivity index (χ0n) is 12.5. The van der Waals surface area contributed by atoms with Gasteiger partial charge >= 0.3 is 5.97 Å². The fraction of sp³-hybridized carbons (Fsp3) is 0.176. The summed E-state index contributed by atoms with van der Waals surface area (Å²) in [5.41, 5.74) is 2.42. The van der Waals surface area contributed by atoms with Crippen LogP contribution in [0.5, 0.6) is 5.75 Å². The molecule has 0 radical (unpaired) electrons. The van der Waals surface area contributed by atoms with E-state index in [4.69, 9.17) is 4.74 Å². The molecule has 0 saturated carbocycles. The molecule has 1 atom stereocenters. The topological polar surface area (TPSA) is 112 Å². The van der Waals surface area contributed by atoms with Crippen molar-refractivity contribution in [2.24, 2.45) is 0 Å². The number of hydrogen-bond donors (Lipinski definition) is 4. The molecule has 1 aromatic carbocycles. The SMILES string of the molecule is O=C1COc2cc3[nH]ccc3cc2C2=C1C(CO)=CC(C(=O)O)N2. The van der Waals surface area contributed by atoms with E-state index < -0.39 is 18.6 Å². The van der Waals surface area contributed by atoms with Crippen molar-refractivity contribution in [2.45, 2.75) is 6.04 Å². The number of carboxylic acid groups (broad SMARTS) is 1.